The summed E-state index contributed by atoms with van der Waals surface area (Å²) in [7, 11) is 0. The van der Waals surface area contributed by atoms with Crippen LogP contribution >= 0.6 is 11.8 Å². The van der Waals surface area contributed by atoms with Crippen LogP contribution in [0.1, 0.15) is 26.2 Å². The first-order valence-electron chi connectivity index (χ1n) is 6.36. The molecular formula is C12H22N2OS. The summed E-state index contributed by atoms with van der Waals surface area (Å²) in [6.07, 6.45) is 3.65. The minimum atomic E-state index is 0.0537. The Balaban J connectivity index is 1.70. The second-order valence-electron chi connectivity index (χ2n) is 5.00. The van der Waals surface area contributed by atoms with E-state index >= 15 is 0 Å². The van der Waals surface area contributed by atoms with E-state index in [9.17, 15) is 4.79 Å². The zero-order chi connectivity index (χ0) is 11.4. The fourth-order valence-corrected chi connectivity index (χ4v) is 3.70. The van der Waals surface area contributed by atoms with Crippen molar-refractivity contribution in [1.29, 1.82) is 0 Å². The first-order chi connectivity index (χ1) is 7.77. The third-order valence-corrected chi connectivity index (χ3v) is 4.77. The van der Waals surface area contributed by atoms with E-state index in [1.807, 2.05) is 11.8 Å². The minimum absolute atomic E-state index is 0.0537. The Kier molecular flexibility index (Phi) is 4.53. The van der Waals surface area contributed by atoms with E-state index < -0.39 is 0 Å². The van der Waals surface area contributed by atoms with Crippen LogP contribution in [-0.4, -0.2) is 36.5 Å². The molecule has 2 heterocycles. The molecule has 0 bridgehead atoms. The van der Waals surface area contributed by atoms with Gasteiger partial charge in [0.05, 0.1) is 6.04 Å². The van der Waals surface area contributed by atoms with E-state index in [0.29, 0.717) is 11.8 Å². The summed E-state index contributed by atoms with van der Waals surface area (Å²) in [6.45, 7) is 4.02. The molecule has 0 aromatic carbocycles. The number of hydrogen-bond donors (Lipinski definition) is 2. The van der Waals surface area contributed by atoms with Crippen LogP contribution < -0.4 is 10.6 Å². The third-order valence-electron chi connectivity index (χ3n) is 3.72. The number of carbonyl (C=O) groups is 1. The number of amides is 1. The molecule has 0 saturated carbocycles. The normalized spacial score (nSPS) is 31.6. The summed E-state index contributed by atoms with van der Waals surface area (Å²) in [5, 5.41) is 6.39. The molecule has 2 saturated heterocycles. The highest BCUT2D eigenvalue weighted by Gasteiger charge is 2.29. The minimum Gasteiger partial charge on any atom is -0.354 e. The lowest BCUT2D eigenvalue weighted by Gasteiger charge is -2.23. The topological polar surface area (TPSA) is 41.1 Å². The lowest BCUT2D eigenvalue weighted by atomic mass is 10.0. The maximum absolute atomic E-state index is 11.9. The standard InChI is InChI=1S/C12H22N2OS/c1-9-2-5-13-11(9)12(15)14-8-10-3-6-16-7-4-10/h9-11,13H,2-8H2,1H3,(H,14,15). The van der Waals surface area contributed by atoms with Crippen LogP contribution in [0.5, 0.6) is 0 Å². The summed E-state index contributed by atoms with van der Waals surface area (Å²) < 4.78 is 0. The molecule has 2 aliphatic rings. The highest BCUT2D eigenvalue weighted by molar-refractivity contribution is 7.99. The summed E-state index contributed by atoms with van der Waals surface area (Å²) in [4.78, 5) is 11.9. The second-order valence-corrected chi connectivity index (χ2v) is 6.22. The van der Waals surface area contributed by atoms with Crippen LogP contribution in [0.3, 0.4) is 0 Å². The summed E-state index contributed by atoms with van der Waals surface area (Å²) in [5.74, 6) is 3.93. The molecule has 16 heavy (non-hydrogen) atoms. The van der Waals surface area contributed by atoms with Gasteiger partial charge in [0, 0.05) is 6.54 Å². The molecule has 0 radical (unpaired) electrons. The fraction of sp³-hybridized carbons (Fsp3) is 0.917. The average molecular weight is 242 g/mol. The Morgan fingerprint density at radius 1 is 1.38 bits per heavy atom. The molecular weight excluding hydrogens is 220 g/mol. The van der Waals surface area contributed by atoms with Crippen molar-refractivity contribution in [3.63, 3.8) is 0 Å². The van der Waals surface area contributed by atoms with Gasteiger partial charge in [0.25, 0.3) is 0 Å². The molecule has 3 nitrogen and oxygen atoms in total. The third kappa shape index (κ3) is 3.14. The van der Waals surface area contributed by atoms with E-state index in [4.69, 9.17) is 0 Å². The molecule has 0 aromatic heterocycles. The van der Waals surface area contributed by atoms with Crippen LogP contribution in [0, 0.1) is 11.8 Å². The van der Waals surface area contributed by atoms with Gasteiger partial charge >= 0.3 is 0 Å². The predicted molar refractivity (Wildman–Crippen MR) is 68.6 cm³/mol. The van der Waals surface area contributed by atoms with Gasteiger partial charge in [0.1, 0.15) is 0 Å². The fourth-order valence-electron chi connectivity index (χ4n) is 2.49. The first-order valence-corrected chi connectivity index (χ1v) is 7.51. The molecule has 2 atom stereocenters. The maximum Gasteiger partial charge on any atom is 0.237 e. The van der Waals surface area contributed by atoms with Gasteiger partial charge in [-0.1, -0.05) is 6.92 Å². The number of hydrogen-bond acceptors (Lipinski definition) is 3. The lowest BCUT2D eigenvalue weighted by Crippen LogP contribution is -2.45. The van der Waals surface area contributed by atoms with Crippen molar-refractivity contribution < 1.29 is 4.79 Å². The summed E-state index contributed by atoms with van der Waals surface area (Å²) in [5.41, 5.74) is 0. The Morgan fingerprint density at radius 2 is 2.12 bits per heavy atom. The van der Waals surface area contributed by atoms with E-state index in [-0.39, 0.29) is 11.9 Å². The van der Waals surface area contributed by atoms with Gasteiger partial charge in [-0.2, -0.15) is 11.8 Å². The van der Waals surface area contributed by atoms with Gasteiger partial charge < -0.3 is 10.6 Å². The smallest absolute Gasteiger partial charge is 0.237 e. The molecule has 2 fully saturated rings. The maximum atomic E-state index is 11.9. The van der Waals surface area contributed by atoms with Crippen LogP contribution in [0.25, 0.3) is 0 Å². The second kappa shape index (κ2) is 5.92. The van der Waals surface area contributed by atoms with E-state index in [0.717, 1.165) is 19.5 Å². The van der Waals surface area contributed by atoms with Crippen LogP contribution in [0.4, 0.5) is 0 Å². The van der Waals surface area contributed by atoms with Gasteiger partial charge in [-0.05, 0) is 49.1 Å². The predicted octanol–water partition coefficient (Wildman–Crippen LogP) is 1.24. The highest BCUT2D eigenvalue weighted by Crippen LogP contribution is 2.22. The van der Waals surface area contributed by atoms with Crippen LogP contribution in [-0.2, 0) is 4.79 Å². The average Bonchev–Trinajstić information content (AvgIpc) is 2.74. The van der Waals surface area contributed by atoms with E-state index in [2.05, 4.69) is 17.6 Å². The zero-order valence-corrected chi connectivity index (χ0v) is 10.8. The van der Waals surface area contributed by atoms with Gasteiger partial charge in [0.2, 0.25) is 5.91 Å². The Labute approximate surface area is 102 Å². The number of nitrogens with one attached hydrogen (secondary N) is 2. The Bertz CT molecular complexity index is 241. The zero-order valence-electron chi connectivity index (χ0n) is 10.00. The van der Waals surface area contributed by atoms with E-state index in [1.165, 1.54) is 24.3 Å². The molecule has 92 valence electrons. The summed E-state index contributed by atoms with van der Waals surface area (Å²) >= 11 is 2.03. The largest absolute Gasteiger partial charge is 0.354 e. The summed E-state index contributed by atoms with van der Waals surface area (Å²) in [6, 6.07) is 0.0537. The van der Waals surface area contributed by atoms with Crippen LogP contribution in [0.15, 0.2) is 0 Å². The number of carbonyl (C=O) groups excluding carboxylic acids is 1. The Hall–Kier alpha value is -0.220. The molecule has 2 N–H and O–H groups in total. The molecule has 4 heteroatoms. The molecule has 0 spiro atoms. The van der Waals surface area contributed by atoms with Crippen LogP contribution in [0.2, 0.25) is 0 Å². The highest BCUT2D eigenvalue weighted by atomic mass is 32.2. The van der Waals surface area contributed by atoms with Gasteiger partial charge in [-0.15, -0.1) is 0 Å². The first kappa shape index (κ1) is 12.2. The van der Waals surface area contributed by atoms with Crippen molar-refractivity contribution in [1.82, 2.24) is 10.6 Å². The molecule has 0 aliphatic carbocycles. The quantitative estimate of drug-likeness (QED) is 0.782. The van der Waals surface area contributed by atoms with Crippen molar-refractivity contribution in [2.24, 2.45) is 11.8 Å². The molecule has 0 aromatic rings. The molecule has 2 aliphatic heterocycles. The monoisotopic (exact) mass is 242 g/mol. The molecule has 1 amide bonds. The molecule has 2 rings (SSSR count). The van der Waals surface area contributed by atoms with Crippen molar-refractivity contribution >= 4 is 17.7 Å². The van der Waals surface area contributed by atoms with Crippen molar-refractivity contribution in [2.45, 2.75) is 32.2 Å². The van der Waals surface area contributed by atoms with Gasteiger partial charge in [-0.25, -0.2) is 0 Å². The number of rotatable bonds is 3. The van der Waals surface area contributed by atoms with Gasteiger partial charge in [-0.3, -0.25) is 4.79 Å². The van der Waals surface area contributed by atoms with Crippen molar-refractivity contribution in [3.8, 4) is 0 Å². The van der Waals surface area contributed by atoms with Gasteiger partial charge in [0.15, 0.2) is 0 Å². The van der Waals surface area contributed by atoms with E-state index in [1.54, 1.807) is 0 Å². The number of thioether (sulfide) groups is 1. The SMILES string of the molecule is CC1CCNC1C(=O)NCC1CCSCC1. The molecule has 2 unspecified atom stereocenters. The Morgan fingerprint density at radius 3 is 2.75 bits per heavy atom. The van der Waals surface area contributed by atoms with Crippen molar-refractivity contribution in [2.75, 3.05) is 24.6 Å². The van der Waals surface area contributed by atoms with Crippen molar-refractivity contribution in [3.05, 3.63) is 0 Å². The lowest BCUT2D eigenvalue weighted by molar-refractivity contribution is -0.123.